The summed E-state index contributed by atoms with van der Waals surface area (Å²) in [5.74, 6) is 0.621. The molecule has 1 saturated heterocycles. The van der Waals surface area contributed by atoms with Gasteiger partial charge in [-0.25, -0.2) is 19.5 Å². The van der Waals surface area contributed by atoms with Crippen LogP contribution in [0.5, 0.6) is 0 Å². The van der Waals surface area contributed by atoms with Gasteiger partial charge < -0.3 is 9.80 Å². The van der Waals surface area contributed by atoms with E-state index in [0.717, 1.165) is 37.4 Å². The van der Waals surface area contributed by atoms with Crippen molar-refractivity contribution in [2.45, 2.75) is 25.3 Å². The summed E-state index contributed by atoms with van der Waals surface area (Å²) < 4.78 is 1.78. The summed E-state index contributed by atoms with van der Waals surface area (Å²) in [7, 11) is 3.45. The molecule has 0 saturated carbocycles. The van der Waals surface area contributed by atoms with Crippen LogP contribution in [0.25, 0.3) is 5.65 Å². The topological polar surface area (TPSA) is 79.5 Å². The van der Waals surface area contributed by atoms with Gasteiger partial charge in [0.25, 0.3) is 5.91 Å². The number of piperidine rings is 1. The number of fused-ring (bicyclic) bond motifs is 1. The Kier molecular flexibility index (Phi) is 4.24. The van der Waals surface area contributed by atoms with E-state index in [9.17, 15) is 4.79 Å². The van der Waals surface area contributed by atoms with Gasteiger partial charge in [-0.05, 0) is 31.4 Å². The normalized spacial score (nSPS) is 17.5. The Morgan fingerprint density at radius 1 is 1.15 bits per heavy atom. The Morgan fingerprint density at radius 2 is 1.96 bits per heavy atom. The summed E-state index contributed by atoms with van der Waals surface area (Å²) in [6.07, 6.45) is 10.1. The third-order valence-corrected chi connectivity index (χ3v) is 4.72. The number of anilines is 1. The summed E-state index contributed by atoms with van der Waals surface area (Å²) in [4.78, 5) is 29.4. The van der Waals surface area contributed by atoms with Crippen LogP contribution < -0.4 is 4.90 Å². The van der Waals surface area contributed by atoms with E-state index in [1.165, 1.54) is 4.90 Å². The molecule has 1 fully saturated rings. The summed E-state index contributed by atoms with van der Waals surface area (Å²) in [5.41, 5.74) is 2.09. The molecule has 1 aliphatic rings. The van der Waals surface area contributed by atoms with Crippen LogP contribution in [0.4, 0.5) is 5.95 Å². The number of amides is 1. The Hall–Kier alpha value is -3.03. The largest absolute Gasteiger partial charge is 0.345 e. The summed E-state index contributed by atoms with van der Waals surface area (Å²) in [6.45, 7) is 0.892. The van der Waals surface area contributed by atoms with Crippen molar-refractivity contribution >= 4 is 17.5 Å². The zero-order chi connectivity index (χ0) is 18.1. The van der Waals surface area contributed by atoms with Gasteiger partial charge in [0.15, 0.2) is 5.65 Å². The lowest BCUT2D eigenvalue weighted by atomic mass is 9.99. The van der Waals surface area contributed by atoms with Crippen LogP contribution >= 0.6 is 0 Å². The molecule has 1 atom stereocenters. The second kappa shape index (κ2) is 6.70. The van der Waals surface area contributed by atoms with Gasteiger partial charge in [0.1, 0.15) is 5.56 Å². The fourth-order valence-corrected chi connectivity index (χ4v) is 3.47. The highest BCUT2D eigenvalue weighted by Crippen LogP contribution is 2.33. The van der Waals surface area contributed by atoms with E-state index >= 15 is 0 Å². The third kappa shape index (κ3) is 2.77. The molecule has 0 spiro atoms. The molecule has 1 amide bonds. The van der Waals surface area contributed by atoms with E-state index in [1.807, 2.05) is 12.1 Å². The predicted octanol–water partition coefficient (Wildman–Crippen LogP) is 1.95. The fourth-order valence-electron chi connectivity index (χ4n) is 3.47. The molecule has 0 bridgehead atoms. The van der Waals surface area contributed by atoms with Crippen molar-refractivity contribution in [3.63, 3.8) is 0 Å². The number of nitrogens with zero attached hydrogens (tertiary/aromatic N) is 7. The van der Waals surface area contributed by atoms with Crippen molar-refractivity contribution in [3.8, 4) is 0 Å². The number of carbonyl (C=O) groups excluding carboxylic acids is 1. The van der Waals surface area contributed by atoms with Gasteiger partial charge in [-0.15, -0.1) is 0 Å². The van der Waals surface area contributed by atoms with Crippen molar-refractivity contribution in [1.29, 1.82) is 0 Å². The van der Waals surface area contributed by atoms with Gasteiger partial charge in [-0.3, -0.25) is 4.79 Å². The van der Waals surface area contributed by atoms with Crippen LogP contribution in [0.1, 0.15) is 41.4 Å². The number of rotatable bonds is 3. The Morgan fingerprint density at radius 3 is 2.73 bits per heavy atom. The van der Waals surface area contributed by atoms with Crippen LogP contribution in [0.15, 0.2) is 36.9 Å². The van der Waals surface area contributed by atoms with E-state index in [-0.39, 0.29) is 11.9 Å². The van der Waals surface area contributed by atoms with Crippen LogP contribution in [0, 0.1) is 0 Å². The SMILES string of the molecule is CN(C)C(=O)c1cnn2c([C@H]3CCCCN3c3ncccn3)ccnc12. The van der Waals surface area contributed by atoms with E-state index in [0.29, 0.717) is 11.2 Å². The average molecular weight is 351 g/mol. The number of hydrogen-bond donors (Lipinski definition) is 0. The number of aromatic nitrogens is 5. The standard InChI is InChI=1S/C18H21N7O/c1-23(2)17(26)13-12-22-25-15(7-10-19-16(13)25)14-6-3-4-11-24(14)18-20-8-5-9-21-18/h5,7-10,12,14H,3-4,6,11H2,1-2H3/t14-/m1/s1. The van der Waals surface area contributed by atoms with Gasteiger partial charge >= 0.3 is 0 Å². The van der Waals surface area contributed by atoms with Crippen molar-refractivity contribution in [3.05, 3.63) is 48.2 Å². The maximum Gasteiger partial charge on any atom is 0.258 e. The van der Waals surface area contributed by atoms with Crippen molar-refractivity contribution < 1.29 is 4.79 Å². The quantitative estimate of drug-likeness (QED) is 0.718. The van der Waals surface area contributed by atoms with E-state index in [1.54, 1.807) is 43.4 Å². The van der Waals surface area contributed by atoms with E-state index in [2.05, 4.69) is 25.0 Å². The predicted molar refractivity (Wildman–Crippen MR) is 97.0 cm³/mol. The first-order valence-corrected chi connectivity index (χ1v) is 8.75. The lowest BCUT2D eigenvalue weighted by Crippen LogP contribution is -2.35. The molecule has 3 aromatic rings. The molecule has 0 radical (unpaired) electrons. The lowest BCUT2D eigenvalue weighted by Gasteiger charge is -2.35. The second-order valence-electron chi connectivity index (χ2n) is 6.62. The number of carbonyl (C=O) groups is 1. The van der Waals surface area contributed by atoms with Crippen molar-refractivity contribution in [2.75, 3.05) is 25.5 Å². The Labute approximate surface area is 151 Å². The first-order valence-electron chi connectivity index (χ1n) is 8.75. The molecule has 4 rings (SSSR count). The molecule has 0 N–H and O–H groups in total. The van der Waals surface area contributed by atoms with Gasteiger partial charge in [-0.1, -0.05) is 0 Å². The van der Waals surface area contributed by atoms with Crippen LogP contribution in [-0.4, -0.2) is 56.0 Å². The molecular weight excluding hydrogens is 330 g/mol. The van der Waals surface area contributed by atoms with Crippen molar-refractivity contribution in [1.82, 2.24) is 29.5 Å². The molecule has 8 nitrogen and oxygen atoms in total. The lowest BCUT2D eigenvalue weighted by molar-refractivity contribution is 0.0829. The molecule has 0 aromatic carbocycles. The molecule has 0 aliphatic carbocycles. The molecule has 3 aromatic heterocycles. The van der Waals surface area contributed by atoms with Gasteiger partial charge in [0.05, 0.1) is 17.9 Å². The monoisotopic (exact) mass is 351 g/mol. The molecule has 1 aliphatic heterocycles. The summed E-state index contributed by atoms with van der Waals surface area (Å²) in [6, 6.07) is 3.88. The zero-order valence-corrected chi connectivity index (χ0v) is 14.9. The number of hydrogen-bond acceptors (Lipinski definition) is 6. The average Bonchev–Trinajstić information content (AvgIpc) is 3.12. The first-order chi connectivity index (χ1) is 12.7. The first kappa shape index (κ1) is 16.4. The van der Waals surface area contributed by atoms with Crippen LogP contribution in [-0.2, 0) is 0 Å². The molecular formula is C18H21N7O. The van der Waals surface area contributed by atoms with Crippen LogP contribution in [0.3, 0.4) is 0 Å². The highest BCUT2D eigenvalue weighted by atomic mass is 16.2. The molecule has 26 heavy (non-hydrogen) atoms. The summed E-state index contributed by atoms with van der Waals surface area (Å²) >= 11 is 0. The minimum Gasteiger partial charge on any atom is -0.345 e. The Balaban J connectivity index is 1.79. The summed E-state index contributed by atoms with van der Waals surface area (Å²) in [5, 5.41) is 4.46. The minimum atomic E-state index is -0.100. The Bertz CT molecular complexity index is 922. The zero-order valence-electron chi connectivity index (χ0n) is 14.9. The molecule has 0 unspecified atom stereocenters. The van der Waals surface area contributed by atoms with Gasteiger partial charge in [0, 0.05) is 39.2 Å². The van der Waals surface area contributed by atoms with E-state index in [4.69, 9.17) is 0 Å². The molecule has 134 valence electrons. The molecule has 8 heteroatoms. The van der Waals surface area contributed by atoms with Crippen molar-refractivity contribution in [2.24, 2.45) is 0 Å². The smallest absolute Gasteiger partial charge is 0.258 e. The molecule has 4 heterocycles. The second-order valence-corrected chi connectivity index (χ2v) is 6.62. The van der Waals surface area contributed by atoms with Crippen LogP contribution in [0.2, 0.25) is 0 Å². The highest BCUT2D eigenvalue weighted by Gasteiger charge is 2.29. The van der Waals surface area contributed by atoms with Gasteiger partial charge in [-0.2, -0.15) is 5.10 Å². The van der Waals surface area contributed by atoms with E-state index < -0.39 is 0 Å². The van der Waals surface area contributed by atoms with Gasteiger partial charge in [0.2, 0.25) is 5.95 Å². The third-order valence-electron chi connectivity index (χ3n) is 4.72. The minimum absolute atomic E-state index is 0.0962. The maximum atomic E-state index is 12.4. The highest BCUT2D eigenvalue weighted by molar-refractivity contribution is 5.99. The maximum absolute atomic E-state index is 12.4. The fraction of sp³-hybridized carbons (Fsp3) is 0.389.